The predicted molar refractivity (Wildman–Crippen MR) is 83.6 cm³/mol. The van der Waals surface area contributed by atoms with Gasteiger partial charge in [-0.2, -0.15) is 0 Å². The standard InChI is InChI=1S/C14H30.CH3Cl.H3N/c1-3-5-7-9-11-13-14-12-10-8-6-4-2;1-2;/h3-14H2,1-2H3;1H3;1H3. The van der Waals surface area contributed by atoms with Gasteiger partial charge in [-0.3, -0.25) is 0 Å². The Kier molecular flexibility index (Phi) is 33.2. The van der Waals surface area contributed by atoms with Crippen LogP contribution in [0.4, 0.5) is 0 Å². The van der Waals surface area contributed by atoms with Gasteiger partial charge in [-0.05, 0) is 0 Å². The van der Waals surface area contributed by atoms with Gasteiger partial charge >= 0.3 is 0 Å². The second-order valence-corrected chi connectivity index (χ2v) is 4.54. The van der Waals surface area contributed by atoms with Crippen LogP contribution in [-0.4, -0.2) is 6.38 Å². The maximum atomic E-state index is 4.64. The van der Waals surface area contributed by atoms with Crippen LogP contribution < -0.4 is 6.15 Å². The number of halogens is 1. The Labute approximate surface area is 115 Å². The van der Waals surface area contributed by atoms with Gasteiger partial charge in [0, 0.05) is 6.38 Å². The van der Waals surface area contributed by atoms with Crippen molar-refractivity contribution in [2.24, 2.45) is 0 Å². The van der Waals surface area contributed by atoms with E-state index in [1.165, 1.54) is 83.4 Å². The highest BCUT2D eigenvalue weighted by Gasteiger charge is 1.91. The van der Waals surface area contributed by atoms with Gasteiger partial charge in [0.05, 0.1) is 0 Å². The Hall–Kier alpha value is 0.250. The second kappa shape index (κ2) is 25.2. The lowest BCUT2D eigenvalue weighted by Gasteiger charge is -2.01. The molecule has 0 bridgehead atoms. The Balaban J connectivity index is -0.000000616. The van der Waals surface area contributed by atoms with Crippen molar-refractivity contribution in [1.82, 2.24) is 6.15 Å². The summed E-state index contributed by atoms with van der Waals surface area (Å²) in [5.74, 6) is 0. The van der Waals surface area contributed by atoms with E-state index < -0.39 is 0 Å². The first kappa shape index (κ1) is 22.4. The van der Waals surface area contributed by atoms with E-state index in [9.17, 15) is 0 Å². The summed E-state index contributed by atoms with van der Waals surface area (Å²) in [5, 5.41) is 0. The SMILES string of the molecule is CCCCCCCCCCCCCC.CCl.N. The van der Waals surface area contributed by atoms with E-state index in [1.807, 2.05) is 0 Å². The molecule has 0 aromatic heterocycles. The molecule has 0 aliphatic carbocycles. The molecule has 0 spiro atoms. The van der Waals surface area contributed by atoms with Gasteiger partial charge in [-0.1, -0.05) is 90.9 Å². The first-order valence-corrected chi connectivity index (χ1v) is 8.05. The largest absolute Gasteiger partial charge is 0.344 e. The Morgan fingerprint density at radius 1 is 0.471 bits per heavy atom. The Morgan fingerprint density at radius 2 is 0.647 bits per heavy atom. The van der Waals surface area contributed by atoms with Gasteiger partial charge < -0.3 is 6.15 Å². The second-order valence-electron chi connectivity index (χ2n) is 4.54. The highest BCUT2D eigenvalue weighted by atomic mass is 35.5. The van der Waals surface area contributed by atoms with Crippen LogP contribution in [0.5, 0.6) is 0 Å². The van der Waals surface area contributed by atoms with Crippen molar-refractivity contribution < 1.29 is 0 Å². The molecular formula is C15H36ClN. The molecule has 108 valence electrons. The molecule has 0 saturated heterocycles. The van der Waals surface area contributed by atoms with Gasteiger partial charge in [0.1, 0.15) is 0 Å². The average Bonchev–Trinajstić information content (AvgIpc) is 2.34. The zero-order valence-corrected chi connectivity index (χ0v) is 13.3. The number of hydrogen-bond acceptors (Lipinski definition) is 1. The maximum absolute atomic E-state index is 4.64. The topological polar surface area (TPSA) is 35.0 Å². The van der Waals surface area contributed by atoms with E-state index in [0.29, 0.717) is 0 Å². The van der Waals surface area contributed by atoms with Crippen LogP contribution in [0.25, 0.3) is 0 Å². The fraction of sp³-hybridized carbons (Fsp3) is 1.00. The van der Waals surface area contributed by atoms with Crippen LogP contribution in [0.3, 0.4) is 0 Å². The molecular weight excluding hydrogens is 230 g/mol. The molecule has 0 saturated carbocycles. The lowest BCUT2D eigenvalue weighted by atomic mass is 10.1. The molecule has 1 nitrogen and oxygen atoms in total. The quantitative estimate of drug-likeness (QED) is 0.326. The van der Waals surface area contributed by atoms with Gasteiger partial charge in [0.25, 0.3) is 0 Å². The molecule has 2 heteroatoms. The first-order chi connectivity index (χ1) is 7.91. The smallest absolute Gasteiger partial charge is 0.0108 e. The van der Waals surface area contributed by atoms with Crippen molar-refractivity contribution in [2.45, 2.75) is 90.9 Å². The summed E-state index contributed by atoms with van der Waals surface area (Å²) < 4.78 is 0. The molecule has 0 fully saturated rings. The van der Waals surface area contributed by atoms with Crippen LogP contribution in [0.2, 0.25) is 0 Å². The van der Waals surface area contributed by atoms with Crippen LogP contribution in [0.15, 0.2) is 0 Å². The van der Waals surface area contributed by atoms with Crippen molar-refractivity contribution in [3.63, 3.8) is 0 Å². The zero-order valence-electron chi connectivity index (χ0n) is 12.6. The number of unbranched alkanes of at least 4 members (excludes halogenated alkanes) is 11. The molecule has 0 unspecified atom stereocenters. The summed E-state index contributed by atoms with van der Waals surface area (Å²) in [7, 11) is 0. The fourth-order valence-electron chi connectivity index (χ4n) is 1.91. The summed E-state index contributed by atoms with van der Waals surface area (Å²) in [4.78, 5) is 0. The maximum Gasteiger partial charge on any atom is 0.0108 e. The van der Waals surface area contributed by atoms with Gasteiger partial charge in [-0.25, -0.2) is 0 Å². The van der Waals surface area contributed by atoms with Crippen LogP contribution in [0, 0.1) is 0 Å². The molecule has 0 aliphatic heterocycles. The van der Waals surface area contributed by atoms with Crippen molar-refractivity contribution in [1.29, 1.82) is 0 Å². The van der Waals surface area contributed by atoms with Gasteiger partial charge in [0.2, 0.25) is 0 Å². The van der Waals surface area contributed by atoms with E-state index >= 15 is 0 Å². The third-order valence-electron chi connectivity index (χ3n) is 2.96. The molecule has 0 amide bonds. The molecule has 0 atom stereocenters. The minimum Gasteiger partial charge on any atom is -0.344 e. The normalized spacial score (nSPS) is 9.18. The first-order valence-electron chi connectivity index (χ1n) is 7.29. The van der Waals surface area contributed by atoms with E-state index in [4.69, 9.17) is 0 Å². The summed E-state index contributed by atoms with van der Waals surface area (Å²) in [6, 6.07) is 0. The van der Waals surface area contributed by atoms with Crippen LogP contribution >= 0.6 is 11.6 Å². The van der Waals surface area contributed by atoms with Crippen LogP contribution in [-0.2, 0) is 0 Å². The van der Waals surface area contributed by atoms with Gasteiger partial charge in [-0.15, -0.1) is 11.6 Å². The zero-order chi connectivity index (χ0) is 12.5. The molecule has 0 heterocycles. The summed E-state index contributed by atoms with van der Waals surface area (Å²) in [6.07, 6.45) is 18.9. The lowest BCUT2D eigenvalue weighted by Crippen LogP contribution is -1.81. The van der Waals surface area contributed by atoms with E-state index in [2.05, 4.69) is 25.4 Å². The number of hydrogen-bond donors (Lipinski definition) is 1. The predicted octanol–water partition coefficient (Wildman–Crippen LogP) is 6.72. The lowest BCUT2D eigenvalue weighted by molar-refractivity contribution is 0.548. The molecule has 3 N–H and O–H groups in total. The minimum absolute atomic E-state index is 0. The number of alkyl halides is 1. The third kappa shape index (κ3) is 26.1. The molecule has 0 aliphatic rings. The molecule has 17 heavy (non-hydrogen) atoms. The minimum atomic E-state index is 0. The Bertz CT molecular complexity index is 84.9. The van der Waals surface area contributed by atoms with Crippen LogP contribution in [0.1, 0.15) is 90.9 Å². The fourth-order valence-corrected chi connectivity index (χ4v) is 1.91. The summed E-state index contributed by atoms with van der Waals surface area (Å²) in [5.41, 5.74) is 0. The van der Waals surface area contributed by atoms with Gasteiger partial charge in [0.15, 0.2) is 0 Å². The van der Waals surface area contributed by atoms with E-state index in [1.54, 1.807) is 0 Å². The third-order valence-corrected chi connectivity index (χ3v) is 2.96. The summed E-state index contributed by atoms with van der Waals surface area (Å²) in [6.45, 7) is 4.57. The van der Waals surface area contributed by atoms with Crippen molar-refractivity contribution in [2.75, 3.05) is 6.38 Å². The van der Waals surface area contributed by atoms with Crippen molar-refractivity contribution in [3.8, 4) is 0 Å². The van der Waals surface area contributed by atoms with Crippen molar-refractivity contribution in [3.05, 3.63) is 0 Å². The Morgan fingerprint density at radius 3 is 0.824 bits per heavy atom. The average molecular weight is 266 g/mol. The van der Waals surface area contributed by atoms with E-state index in [0.717, 1.165) is 0 Å². The molecule has 0 rings (SSSR count). The molecule has 0 aromatic carbocycles. The highest BCUT2D eigenvalue weighted by Crippen LogP contribution is 2.11. The highest BCUT2D eigenvalue weighted by molar-refractivity contribution is 6.15. The summed E-state index contributed by atoms with van der Waals surface area (Å²) >= 11 is 4.64. The van der Waals surface area contributed by atoms with Crippen molar-refractivity contribution >= 4 is 11.6 Å². The molecule has 0 aromatic rings. The monoisotopic (exact) mass is 265 g/mol. The number of rotatable bonds is 11. The van der Waals surface area contributed by atoms with E-state index in [-0.39, 0.29) is 6.15 Å². The molecule has 0 radical (unpaired) electrons.